The molecule has 0 aliphatic carbocycles. The molecule has 0 saturated carbocycles. The van der Waals surface area contributed by atoms with Crippen molar-refractivity contribution in [1.82, 2.24) is 10.2 Å². The molecule has 14 heteroatoms. The van der Waals surface area contributed by atoms with E-state index in [1.165, 1.54) is 60.3 Å². The number of ketones is 1. The van der Waals surface area contributed by atoms with E-state index in [1.54, 1.807) is 18.2 Å². The highest BCUT2D eigenvalue weighted by atomic mass is 32.2. The van der Waals surface area contributed by atoms with Gasteiger partial charge in [-0.2, -0.15) is 0 Å². The molecule has 2 aliphatic heterocycles. The summed E-state index contributed by atoms with van der Waals surface area (Å²) in [5.41, 5.74) is 0.728. The van der Waals surface area contributed by atoms with Gasteiger partial charge in [-0.05, 0) is 41.5 Å². The summed E-state index contributed by atoms with van der Waals surface area (Å²) >= 11 is 2.34. The summed E-state index contributed by atoms with van der Waals surface area (Å²) < 4.78 is 24.9. The summed E-state index contributed by atoms with van der Waals surface area (Å²) in [6, 6.07) is 14.8. The van der Waals surface area contributed by atoms with E-state index in [4.69, 9.17) is 9.47 Å². The fourth-order valence-electron chi connectivity index (χ4n) is 4.58. The maximum absolute atomic E-state index is 13.5. The zero-order valence-corrected chi connectivity index (χ0v) is 23.1. The molecule has 6 rings (SSSR count). The largest absolute Gasteiger partial charge is 0.507 e. The topological polar surface area (TPSA) is 145 Å². The summed E-state index contributed by atoms with van der Waals surface area (Å²) in [4.78, 5) is 39.0. The second-order valence-electron chi connectivity index (χ2n) is 9.15. The van der Waals surface area contributed by atoms with Crippen LogP contribution in [0.4, 0.5) is 15.2 Å². The second kappa shape index (κ2) is 11.2. The highest BCUT2D eigenvalue weighted by molar-refractivity contribution is 8.00. The molecule has 3 heterocycles. The van der Waals surface area contributed by atoms with E-state index < -0.39 is 28.4 Å². The van der Waals surface area contributed by atoms with Crippen molar-refractivity contribution >= 4 is 51.4 Å². The SMILES string of the molecule is O=C1C(=O)N(c2nnc(SCc3ccc(F)cc3)s2)C(c2cccc([N+](=O)[O-])c2)/C1=C(\O)c1ccc2c(c1)OCCO2. The number of benzene rings is 3. The van der Waals surface area contributed by atoms with Gasteiger partial charge in [0.25, 0.3) is 11.5 Å². The van der Waals surface area contributed by atoms with Crippen LogP contribution in [0.25, 0.3) is 5.76 Å². The predicted octanol–water partition coefficient (Wildman–Crippen LogP) is 5.28. The van der Waals surface area contributed by atoms with Crippen molar-refractivity contribution < 1.29 is 33.5 Å². The number of aromatic nitrogens is 2. The molecule has 1 N–H and O–H groups in total. The van der Waals surface area contributed by atoms with Crippen LogP contribution in [0.1, 0.15) is 22.7 Å². The van der Waals surface area contributed by atoms with Gasteiger partial charge in [0.05, 0.1) is 16.5 Å². The fourth-order valence-corrected chi connectivity index (χ4v) is 6.41. The number of aliphatic hydroxyl groups excluding tert-OH is 1. The Kier molecular flexibility index (Phi) is 7.31. The molecular weight excluding hydrogens is 587 g/mol. The lowest BCUT2D eigenvalue weighted by atomic mass is 9.95. The third kappa shape index (κ3) is 5.17. The van der Waals surface area contributed by atoms with Gasteiger partial charge in [0.2, 0.25) is 5.13 Å². The number of carbonyl (C=O) groups excluding carboxylic acids is 2. The number of carbonyl (C=O) groups is 2. The van der Waals surface area contributed by atoms with Gasteiger partial charge >= 0.3 is 5.91 Å². The Labute approximate surface area is 245 Å². The Hall–Kier alpha value is -4.82. The summed E-state index contributed by atoms with van der Waals surface area (Å²) in [6.07, 6.45) is 0. The van der Waals surface area contributed by atoms with Crippen LogP contribution in [0.5, 0.6) is 11.5 Å². The Morgan fingerprint density at radius 1 is 1.07 bits per heavy atom. The van der Waals surface area contributed by atoms with E-state index in [2.05, 4.69) is 10.2 Å². The number of nitro groups is 1. The van der Waals surface area contributed by atoms with Crippen LogP contribution in [0.3, 0.4) is 0 Å². The first-order valence-corrected chi connectivity index (χ1v) is 14.3. The van der Waals surface area contributed by atoms with E-state index in [0.29, 0.717) is 34.8 Å². The molecule has 0 bridgehead atoms. The molecule has 0 radical (unpaired) electrons. The lowest BCUT2D eigenvalue weighted by Gasteiger charge is -2.23. The average Bonchev–Trinajstić information content (AvgIpc) is 3.58. The van der Waals surface area contributed by atoms with Gasteiger partial charge in [-0.15, -0.1) is 10.2 Å². The van der Waals surface area contributed by atoms with Crippen molar-refractivity contribution in [2.24, 2.45) is 0 Å². The molecule has 2 aliphatic rings. The fraction of sp³-hybridized carbons (Fsp3) is 0.143. The van der Waals surface area contributed by atoms with Crippen molar-refractivity contribution in [2.45, 2.75) is 16.1 Å². The number of nitrogens with zero attached hydrogens (tertiary/aromatic N) is 4. The van der Waals surface area contributed by atoms with Crippen LogP contribution in [0, 0.1) is 15.9 Å². The molecule has 1 aromatic heterocycles. The standard InChI is InChI=1S/C28H19FN4O7S2/c29-18-7-4-15(5-8-18)14-41-28-31-30-27(42-28)32-23(16-2-1-3-19(12-16)33(37)38)22(25(35)26(32)36)24(34)17-6-9-20-21(13-17)40-11-10-39-20/h1-9,12-13,23,34H,10-11,14H2/b24-22+. The third-order valence-electron chi connectivity index (χ3n) is 6.53. The molecule has 1 atom stereocenters. The van der Waals surface area contributed by atoms with Gasteiger partial charge in [-0.25, -0.2) is 4.39 Å². The number of Topliss-reactive ketones (excluding diaryl/α,β-unsaturated/α-hetero) is 1. The van der Waals surface area contributed by atoms with Gasteiger partial charge in [0.1, 0.15) is 24.8 Å². The molecule has 4 aromatic rings. The van der Waals surface area contributed by atoms with E-state index in [9.17, 15) is 29.2 Å². The number of hydrogen-bond donors (Lipinski definition) is 1. The van der Waals surface area contributed by atoms with Crippen LogP contribution in [-0.2, 0) is 15.3 Å². The van der Waals surface area contributed by atoms with E-state index >= 15 is 0 Å². The summed E-state index contributed by atoms with van der Waals surface area (Å²) in [5.74, 6) is -1.53. The zero-order valence-electron chi connectivity index (χ0n) is 21.4. The first-order valence-electron chi connectivity index (χ1n) is 12.5. The minimum absolute atomic E-state index is 0.0661. The third-order valence-corrected chi connectivity index (χ3v) is 8.66. The van der Waals surface area contributed by atoms with Crippen molar-refractivity contribution in [1.29, 1.82) is 0 Å². The summed E-state index contributed by atoms with van der Waals surface area (Å²) in [7, 11) is 0. The number of thioether (sulfide) groups is 1. The van der Waals surface area contributed by atoms with Crippen molar-refractivity contribution in [3.8, 4) is 11.5 Å². The first kappa shape index (κ1) is 27.4. The number of anilines is 1. The Balaban J connectivity index is 1.41. The maximum atomic E-state index is 13.5. The Morgan fingerprint density at radius 2 is 1.83 bits per heavy atom. The molecule has 1 saturated heterocycles. The number of rotatable bonds is 7. The quantitative estimate of drug-likeness (QED) is 0.0561. The number of nitro benzene ring substituents is 1. The van der Waals surface area contributed by atoms with Gasteiger partial charge in [0.15, 0.2) is 15.8 Å². The van der Waals surface area contributed by atoms with Crippen LogP contribution in [0.15, 0.2) is 76.6 Å². The minimum Gasteiger partial charge on any atom is -0.507 e. The second-order valence-corrected chi connectivity index (χ2v) is 11.3. The molecule has 212 valence electrons. The van der Waals surface area contributed by atoms with Crippen molar-refractivity contribution in [3.63, 3.8) is 0 Å². The highest BCUT2D eigenvalue weighted by Gasteiger charge is 2.48. The highest BCUT2D eigenvalue weighted by Crippen LogP contribution is 2.45. The lowest BCUT2D eigenvalue weighted by Crippen LogP contribution is -2.29. The lowest BCUT2D eigenvalue weighted by molar-refractivity contribution is -0.384. The molecule has 3 aromatic carbocycles. The smallest absolute Gasteiger partial charge is 0.301 e. The Bertz CT molecular complexity index is 1760. The number of hydrogen-bond acceptors (Lipinski definition) is 11. The molecule has 11 nitrogen and oxygen atoms in total. The molecule has 0 spiro atoms. The molecular formula is C28H19FN4O7S2. The van der Waals surface area contributed by atoms with Crippen molar-refractivity contribution in [2.75, 3.05) is 18.1 Å². The summed E-state index contributed by atoms with van der Waals surface area (Å²) in [5, 5.41) is 31.3. The van der Waals surface area contributed by atoms with Crippen molar-refractivity contribution in [3.05, 3.63) is 105 Å². The number of amides is 1. The number of aliphatic hydroxyl groups is 1. The minimum atomic E-state index is -1.24. The van der Waals surface area contributed by atoms with Crippen LogP contribution < -0.4 is 14.4 Å². The van der Waals surface area contributed by atoms with Crippen LogP contribution in [0.2, 0.25) is 0 Å². The normalized spacial score (nSPS) is 17.5. The van der Waals surface area contributed by atoms with Gasteiger partial charge < -0.3 is 14.6 Å². The maximum Gasteiger partial charge on any atom is 0.301 e. The van der Waals surface area contributed by atoms with Gasteiger partial charge in [-0.3, -0.25) is 24.6 Å². The van der Waals surface area contributed by atoms with Crippen LogP contribution in [-0.4, -0.2) is 45.1 Å². The average molecular weight is 607 g/mol. The molecule has 1 fully saturated rings. The van der Waals surface area contributed by atoms with Gasteiger partial charge in [-0.1, -0.05) is 47.4 Å². The monoisotopic (exact) mass is 606 g/mol. The number of ether oxygens (including phenoxy) is 2. The molecule has 42 heavy (non-hydrogen) atoms. The van der Waals surface area contributed by atoms with Gasteiger partial charge in [0, 0.05) is 23.4 Å². The van der Waals surface area contributed by atoms with E-state index in [-0.39, 0.29) is 33.3 Å². The molecule has 1 unspecified atom stereocenters. The number of fused-ring (bicyclic) bond motifs is 1. The predicted molar refractivity (Wildman–Crippen MR) is 151 cm³/mol. The first-order chi connectivity index (χ1) is 20.3. The summed E-state index contributed by atoms with van der Waals surface area (Å²) in [6.45, 7) is 0.663. The zero-order chi connectivity index (χ0) is 29.4. The Morgan fingerprint density at radius 3 is 2.60 bits per heavy atom. The number of halogens is 1. The van der Waals surface area contributed by atoms with E-state index in [1.807, 2.05) is 0 Å². The number of non-ortho nitro benzene ring substituents is 1. The van der Waals surface area contributed by atoms with E-state index in [0.717, 1.165) is 21.8 Å². The van der Waals surface area contributed by atoms with Crippen LogP contribution >= 0.6 is 23.1 Å². The molecule has 1 amide bonds.